The van der Waals surface area contributed by atoms with Gasteiger partial charge in [-0.25, -0.2) is 0 Å². The van der Waals surface area contributed by atoms with Gasteiger partial charge in [-0.15, -0.1) is 0 Å². The average Bonchev–Trinajstić information content (AvgIpc) is 2.18. The molecule has 0 heteroatoms. The van der Waals surface area contributed by atoms with Crippen LogP contribution in [0.1, 0.15) is 64.2 Å². The first-order valence-corrected chi connectivity index (χ1v) is 7.03. The summed E-state index contributed by atoms with van der Waals surface area (Å²) in [7, 11) is 0. The molecular weight excluding hydrogens is 192 g/mol. The van der Waals surface area contributed by atoms with Crippen molar-refractivity contribution in [2.24, 2.45) is 0 Å². The van der Waals surface area contributed by atoms with Crippen LogP contribution >= 0.6 is 0 Å². The van der Waals surface area contributed by atoms with E-state index >= 15 is 0 Å². The summed E-state index contributed by atoms with van der Waals surface area (Å²) < 4.78 is 0. The van der Waals surface area contributed by atoms with Crippen molar-refractivity contribution in [3.8, 4) is 0 Å². The molecule has 2 aliphatic rings. The molecule has 0 saturated carbocycles. The fourth-order valence-electron chi connectivity index (χ4n) is 2.63. The molecule has 0 nitrogen and oxygen atoms in total. The van der Waals surface area contributed by atoms with E-state index in [0.29, 0.717) is 0 Å². The molecule has 16 heavy (non-hydrogen) atoms. The molecule has 0 unspecified atom stereocenters. The molecule has 0 aromatic rings. The van der Waals surface area contributed by atoms with Crippen LogP contribution in [0.3, 0.4) is 0 Å². The van der Waals surface area contributed by atoms with E-state index in [2.05, 4.69) is 24.3 Å². The van der Waals surface area contributed by atoms with Gasteiger partial charge in [0, 0.05) is 0 Å². The lowest BCUT2D eigenvalue weighted by atomic mass is 9.92. The van der Waals surface area contributed by atoms with Gasteiger partial charge in [0.2, 0.25) is 0 Å². The van der Waals surface area contributed by atoms with Gasteiger partial charge in [0.15, 0.2) is 0 Å². The minimum atomic E-state index is 1.27. The maximum atomic E-state index is 2.50. The molecule has 88 valence electrons. The number of hydrogen-bond acceptors (Lipinski definition) is 0. The lowest BCUT2D eigenvalue weighted by Gasteiger charge is -2.14. The van der Waals surface area contributed by atoms with Gasteiger partial charge in [-0.3, -0.25) is 0 Å². The monoisotopic (exact) mass is 216 g/mol. The van der Waals surface area contributed by atoms with E-state index in [0.717, 1.165) is 0 Å². The van der Waals surface area contributed by atoms with E-state index in [9.17, 15) is 0 Å². The molecule has 0 saturated heterocycles. The molecule has 0 aromatic heterocycles. The molecule has 0 spiro atoms. The predicted molar refractivity (Wildman–Crippen MR) is 71.5 cm³/mol. The summed E-state index contributed by atoms with van der Waals surface area (Å²) in [5.41, 5.74) is 3.15. The topological polar surface area (TPSA) is 0 Å². The highest BCUT2D eigenvalue weighted by atomic mass is 14.1. The highest BCUT2D eigenvalue weighted by molar-refractivity contribution is 5.40. The summed E-state index contributed by atoms with van der Waals surface area (Å²) in [6, 6.07) is 0. The molecule has 0 atom stereocenters. The van der Waals surface area contributed by atoms with Crippen LogP contribution in [0.4, 0.5) is 0 Å². The summed E-state index contributed by atoms with van der Waals surface area (Å²) in [5.74, 6) is 0. The third-order valence-corrected chi connectivity index (χ3v) is 3.65. The van der Waals surface area contributed by atoms with E-state index in [4.69, 9.17) is 0 Å². The van der Waals surface area contributed by atoms with Gasteiger partial charge in [-0.05, 0) is 62.5 Å². The summed E-state index contributed by atoms with van der Waals surface area (Å²) in [6.45, 7) is 0. The zero-order valence-corrected chi connectivity index (χ0v) is 10.4. The first kappa shape index (κ1) is 11.7. The molecular formula is C16H24. The minimum Gasteiger partial charge on any atom is -0.0839 e. The first-order chi connectivity index (χ1) is 7.97. The lowest BCUT2D eigenvalue weighted by molar-refractivity contribution is 0.627. The summed E-state index contributed by atoms with van der Waals surface area (Å²) in [5, 5.41) is 0. The van der Waals surface area contributed by atoms with Crippen LogP contribution in [-0.4, -0.2) is 0 Å². The van der Waals surface area contributed by atoms with Gasteiger partial charge in [0.25, 0.3) is 0 Å². The van der Waals surface area contributed by atoms with Crippen molar-refractivity contribution < 1.29 is 0 Å². The fraction of sp³-hybridized carbons (Fsp3) is 0.625. The van der Waals surface area contributed by atoms with Crippen molar-refractivity contribution in [3.63, 3.8) is 0 Å². The van der Waals surface area contributed by atoms with Gasteiger partial charge in [-0.1, -0.05) is 37.1 Å². The maximum absolute atomic E-state index is 2.50. The normalized spacial score (nSPS) is 23.5. The van der Waals surface area contributed by atoms with Crippen LogP contribution < -0.4 is 0 Å². The van der Waals surface area contributed by atoms with Crippen molar-refractivity contribution in [2.75, 3.05) is 0 Å². The van der Waals surface area contributed by atoms with E-state index in [1.165, 1.54) is 69.8 Å². The van der Waals surface area contributed by atoms with Crippen LogP contribution in [0, 0.1) is 0 Å². The lowest BCUT2D eigenvalue weighted by Crippen LogP contribution is -1.94. The summed E-state index contributed by atoms with van der Waals surface area (Å²) in [4.78, 5) is 0. The second kappa shape index (κ2) is 6.73. The summed E-state index contributed by atoms with van der Waals surface area (Å²) in [6.07, 6.45) is 23.2. The van der Waals surface area contributed by atoms with E-state index in [-0.39, 0.29) is 0 Å². The Morgan fingerprint density at radius 1 is 0.688 bits per heavy atom. The molecule has 0 amide bonds. The Morgan fingerprint density at radius 3 is 2.44 bits per heavy atom. The maximum Gasteiger partial charge on any atom is -0.0271 e. The Morgan fingerprint density at radius 2 is 1.44 bits per heavy atom. The average molecular weight is 216 g/mol. The molecule has 0 radical (unpaired) electrons. The predicted octanol–water partition coefficient (Wildman–Crippen LogP) is 5.32. The largest absolute Gasteiger partial charge is 0.0839 e. The molecule has 0 aliphatic heterocycles. The molecule has 2 aliphatic carbocycles. The van der Waals surface area contributed by atoms with Crippen LogP contribution in [0.2, 0.25) is 0 Å². The molecule has 0 fully saturated rings. The SMILES string of the molecule is C1=CC(C2=CCCCCCC2)=CCCCC1. The van der Waals surface area contributed by atoms with Gasteiger partial charge in [0.05, 0.1) is 0 Å². The second-order valence-electron chi connectivity index (χ2n) is 5.03. The highest BCUT2D eigenvalue weighted by Gasteiger charge is 2.06. The van der Waals surface area contributed by atoms with E-state index in [1.54, 1.807) is 5.57 Å². The van der Waals surface area contributed by atoms with Crippen LogP contribution in [0.5, 0.6) is 0 Å². The standard InChI is InChI=1S/C16H24/c1-3-7-11-15(12-8-4-1)16-13-9-5-2-6-10-14-16/h7,11-13H,1-6,8-10,14H2. The van der Waals surface area contributed by atoms with Gasteiger partial charge >= 0.3 is 0 Å². The number of hydrogen-bond donors (Lipinski definition) is 0. The second-order valence-corrected chi connectivity index (χ2v) is 5.03. The minimum absolute atomic E-state index is 1.27. The Bertz CT molecular complexity index is 291. The highest BCUT2D eigenvalue weighted by Crippen LogP contribution is 2.25. The van der Waals surface area contributed by atoms with Crippen molar-refractivity contribution in [1.29, 1.82) is 0 Å². The van der Waals surface area contributed by atoms with Crippen LogP contribution in [-0.2, 0) is 0 Å². The van der Waals surface area contributed by atoms with Crippen molar-refractivity contribution in [1.82, 2.24) is 0 Å². The first-order valence-electron chi connectivity index (χ1n) is 7.03. The van der Waals surface area contributed by atoms with Crippen LogP contribution in [0.15, 0.2) is 35.5 Å². The van der Waals surface area contributed by atoms with Crippen molar-refractivity contribution >= 4 is 0 Å². The molecule has 0 heterocycles. The van der Waals surface area contributed by atoms with Crippen molar-refractivity contribution in [2.45, 2.75) is 64.2 Å². The van der Waals surface area contributed by atoms with Gasteiger partial charge in [0.1, 0.15) is 0 Å². The fourth-order valence-corrected chi connectivity index (χ4v) is 2.63. The van der Waals surface area contributed by atoms with Gasteiger partial charge < -0.3 is 0 Å². The Labute approximate surface area is 100 Å². The molecule has 0 N–H and O–H groups in total. The Kier molecular flexibility index (Phi) is 4.92. The third-order valence-electron chi connectivity index (χ3n) is 3.65. The van der Waals surface area contributed by atoms with E-state index < -0.39 is 0 Å². The molecule has 0 aromatic carbocycles. The smallest absolute Gasteiger partial charge is 0.0271 e. The third kappa shape index (κ3) is 3.66. The van der Waals surface area contributed by atoms with Crippen molar-refractivity contribution in [3.05, 3.63) is 35.5 Å². The summed E-state index contributed by atoms with van der Waals surface area (Å²) >= 11 is 0. The zero-order chi connectivity index (χ0) is 11.1. The van der Waals surface area contributed by atoms with E-state index in [1.807, 2.05) is 0 Å². The quantitative estimate of drug-likeness (QED) is 0.556. The Hall–Kier alpha value is -0.780. The number of rotatable bonds is 1. The van der Waals surface area contributed by atoms with Crippen LogP contribution in [0.25, 0.3) is 0 Å². The van der Waals surface area contributed by atoms with Gasteiger partial charge in [-0.2, -0.15) is 0 Å². The molecule has 2 rings (SSSR count). The molecule has 0 bridgehead atoms. The number of allylic oxidation sites excluding steroid dienone is 6. The Balaban J connectivity index is 2.07. The zero-order valence-electron chi connectivity index (χ0n) is 10.4.